The third-order valence-electron chi connectivity index (χ3n) is 12.2. The number of rotatable bonds is 11. The number of nitrogens with one attached hydrogen (secondary N) is 1. The highest BCUT2D eigenvalue weighted by atomic mass is 19.4. The molecule has 4 aliphatic heterocycles. The van der Waals surface area contributed by atoms with Gasteiger partial charge in [0, 0.05) is 38.8 Å². The van der Waals surface area contributed by atoms with E-state index in [0.717, 1.165) is 81.8 Å². The van der Waals surface area contributed by atoms with Crippen molar-refractivity contribution in [2.24, 2.45) is 17.8 Å². The first-order chi connectivity index (χ1) is 28.7. The van der Waals surface area contributed by atoms with Crippen LogP contribution in [0.15, 0.2) is 24.3 Å². The molecule has 0 bridgehead atoms. The molecule has 61 heavy (non-hydrogen) atoms. The van der Waals surface area contributed by atoms with Crippen molar-refractivity contribution in [2.45, 2.75) is 95.4 Å². The number of carboxylic acids is 2. The number of methoxy groups -OCH3 is 5. The Labute approximate surface area is 351 Å². The molecule has 342 valence electrons. The number of fused-ring (bicyclic) bond motifs is 4. The van der Waals surface area contributed by atoms with Crippen molar-refractivity contribution in [3.8, 4) is 23.0 Å². The number of ether oxygens (including phenoxy) is 5. The summed E-state index contributed by atoms with van der Waals surface area (Å²) in [4.78, 5) is 37.3. The molecule has 6 rings (SSSR count). The smallest absolute Gasteiger partial charge is 0.490 e. The average molecular weight is 878 g/mol. The number of alkyl halides is 6. The first-order valence-corrected chi connectivity index (χ1v) is 20.1. The third kappa shape index (κ3) is 11.7. The van der Waals surface area contributed by atoms with Gasteiger partial charge in [0.2, 0.25) is 5.91 Å². The summed E-state index contributed by atoms with van der Waals surface area (Å²) in [6, 6.07) is 9.12. The molecule has 0 aromatic heterocycles. The van der Waals surface area contributed by atoms with Gasteiger partial charge in [-0.15, -0.1) is 0 Å². The molecule has 0 saturated carbocycles. The minimum absolute atomic E-state index is 0.0541. The summed E-state index contributed by atoms with van der Waals surface area (Å²) < 4.78 is 92.4. The van der Waals surface area contributed by atoms with Crippen LogP contribution in [0.2, 0.25) is 0 Å². The monoisotopic (exact) mass is 877 g/mol. The first kappa shape index (κ1) is 49.2. The van der Waals surface area contributed by atoms with Gasteiger partial charge in [-0.05, 0) is 103 Å². The van der Waals surface area contributed by atoms with Crippen molar-refractivity contribution in [1.29, 1.82) is 0 Å². The highest BCUT2D eigenvalue weighted by molar-refractivity contribution is 5.80. The van der Waals surface area contributed by atoms with E-state index in [2.05, 4.69) is 53.2 Å². The third-order valence-corrected chi connectivity index (χ3v) is 12.2. The van der Waals surface area contributed by atoms with Crippen LogP contribution in [0.25, 0.3) is 0 Å². The lowest BCUT2D eigenvalue weighted by molar-refractivity contribution is -0.193. The molecule has 2 saturated heterocycles. The number of carbonyl (C=O) groups excluding carboxylic acids is 1. The normalized spacial score (nSPS) is 23.3. The van der Waals surface area contributed by atoms with E-state index in [1.54, 1.807) is 35.5 Å². The van der Waals surface area contributed by atoms with E-state index in [9.17, 15) is 31.1 Å². The summed E-state index contributed by atoms with van der Waals surface area (Å²) in [6.07, 6.45) is -3.30. The van der Waals surface area contributed by atoms with Gasteiger partial charge in [-0.2, -0.15) is 26.3 Å². The number of hydrogen-bond acceptors (Lipinski definition) is 10. The first-order valence-electron chi connectivity index (χ1n) is 20.1. The average Bonchev–Trinajstić information content (AvgIpc) is 3.76. The minimum Gasteiger partial charge on any atom is -0.493 e. The molecule has 0 radical (unpaired) electrons. The van der Waals surface area contributed by atoms with Crippen LogP contribution in [0, 0.1) is 17.8 Å². The zero-order valence-corrected chi connectivity index (χ0v) is 35.5. The molecule has 4 aliphatic rings. The Bertz CT molecular complexity index is 1800. The molecule has 0 spiro atoms. The molecule has 19 heteroatoms. The Morgan fingerprint density at radius 1 is 0.787 bits per heavy atom. The summed E-state index contributed by atoms with van der Waals surface area (Å²) >= 11 is 0. The fourth-order valence-electron chi connectivity index (χ4n) is 9.20. The highest BCUT2D eigenvalue weighted by Crippen LogP contribution is 2.49. The summed E-state index contributed by atoms with van der Waals surface area (Å²) in [7, 11) is 8.56. The number of aliphatic carboxylic acids is 2. The van der Waals surface area contributed by atoms with Crippen LogP contribution < -0.4 is 24.3 Å². The number of amides is 1. The van der Waals surface area contributed by atoms with Crippen LogP contribution in [0.1, 0.15) is 80.3 Å². The minimum atomic E-state index is -5.08. The molecule has 7 atom stereocenters. The molecule has 3 N–H and O–H groups in total. The van der Waals surface area contributed by atoms with Crippen LogP contribution in [0.5, 0.6) is 23.0 Å². The molecule has 4 heterocycles. The standard InChI is InChI=1S/C38H55N3O6.2C2HF3O2/c1-8-24-22-40-14-11-25-18-33(43-3)35(45-5)20-28(25)31(40)16-27(24)17-32-29-21-36(46-6)34(44-4)19-26(29)12-15-41(32)38(42)23(2)37(47-7)30-10-9-13-39-30;2*3-2(4,5)1(6)7/h18-21,23-24,27,30-32,37,39H,8-17,22H2,1-7H3;2*(H,6,7)/t23-,24+,27-,30+,31+,32-,37-;;/m1../s1. The molecule has 2 aromatic rings. The van der Waals surface area contributed by atoms with E-state index in [4.69, 9.17) is 43.5 Å². The quantitative estimate of drug-likeness (QED) is 0.202. The number of nitrogens with zero attached hydrogens (tertiary/aromatic N) is 2. The lowest BCUT2D eigenvalue weighted by atomic mass is 9.72. The van der Waals surface area contributed by atoms with Gasteiger partial charge in [0.1, 0.15) is 0 Å². The Morgan fingerprint density at radius 3 is 1.74 bits per heavy atom. The van der Waals surface area contributed by atoms with Gasteiger partial charge < -0.3 is 44.1 Å². The van der Waals surface area contributed by atoms with Crippen LogP contribution in [0.3, 0.4) is 0 Å². The van der Waals surface area contributed by atoms with Crippen molar-refractivity contribution in [1.82, 2.24) is 15.1 Å². The van der Waals surface area contributed by atoms with Gasteiger partial charge in [-0.1, -0.05) is 20.3 Å². The maximum atomic E-state index is 14.6. The number of hydrogen-bond donors (Lipinski definition) is 3. The van der Waals surface area contributed by atoms with Gasteiger partial charge in [0.05, 0.1) is 46.5 Å². The second-order valence-corrected chi connectivity index (χ2v) is 15.6. The zero-order valence-electron chi connectivity index (χ0n) is 35.5. The number of carbonyl (C=O) groups is 3. The van der Waals surface area contributed by atoms with E-state index >= 15 is 0 Å². The molecule has 0 unspecified atom stereocenters. The summed E-state index contributed by atoms with van der Waals surface area (Å²) in [5.41, 5.74) is 5.15. The maximum absolute atomic E-state index is 14.6. The Morgan fingerprint density at radius 2 is 1.28 bits per heavy atom. The van der Waals surface area contributed by atoms with E-state index in [-0.39, 0.29) is 30.0 Å². The number of benzene rings is 2. The molecule has 13 nitrogen and oxygen atoms in total. The predicted molar refractivity (Wildman–Crippen MR) is 210 cm³/mol. The molecule has 0 aliphatic carbocycles. The Kier molecular flexibility index (Phi) is 17.0. The van der Waals surface area contributed by atoms with Crippen molar-refractivity contribution >= 4 is 17.8 Å². The molecule has 2 aromatic carbocycles. The van der Waals surface area contributed by atoms with Gasteiger partial charge in [-0.3, -0.25) is 9.69 Å². The van der Waals surface area contributed by atoms with Crippen LogP contribution >= 0.6 is 0 Å². The number of halogens is 6. The van der Waals surface area contributed by atoms with Gasteiger partial charge >= 0.3 is 24.3 Å². The van der Waals surface area contributed by atoms with E-state index in [1.807, 2.05) is 0 Å². The molecule has 1 amide bonds. The Hall–Kier alpha value is -4.49. The largest absolute Gasteiger partial charge is 0.493 e. The van der Waals surface area contributed by atoms with E-state index in [1.165, 1.54) is 22.3 Å². The highest BCUT2D eigenvalue weighted by Gasteiger charge is 2.44. The second-order valence-electron chi connectivity index (χ2n) is 15.6. The van der Waals surface area contributed by atoms with Gasteiger partial charge in [0.15, 0.2) is 23.0 Å². The van der Waals surface area contributed by atoms with Crippen LogP contribution in [-0.4, -0.2) is 124 Å². The SMILES string of the molecule is CC[C@H]1CN2CCc3cc(OC)c(OC)cc3[C@@H]2C[C@@H]1C[C@@H]1c2cc(OC)c(OC)cc2CCN1C(=O)[C@H](C)[C@@H](OC)[C@@H]1CCCN1.O=C(O)C(F)(F)F.O=C(O)C(F)(F)F. The summed E-state index contributed by atoms with van der Waals surface area (Å²) in [5.74, 6) is -1.56. The van der Waals surface area contributed by atoms with Crippen molar-refractivity contribution in [3.63, 3.8) is 0 Å². The molecular formula is C42H57F6N3O10. The van der Waals surface area contributed by atoms with Crippen molar-refractivity contribution in [3.05, 3.63) is 46.5 Å². The lowest BCUT2D eigenvalue weighted by Crippen LogP contribution is -2.51. The number of carboxylic acid groups (broad SMARTS) is 2. The molecular weight excluding hydrogens is 820 g/mol. The van der Waals surface area contributed by atoms with Gasteiger partial charge in [-0.25, -0.2) is 9.59 Å². The predicted octanol–water partition coefficient (Wildman–Crippen LogP) is 6.85. The summed E-state index contributed by atoms with van der Waals surface area (Å²) in [6.45, 7) is 8.17. The van der Waals surface area contributed by atoms with Crippen LogP contribution in [0.4, 0.5) is 26.3 Å². The Balaban J connectivity index is 0.000000504. The molecule has 2 fully saturated rings. The van der Waals surface area contributed by atoms with Crippen molar-refractivity contribution in [2.75, 3.05) is 61.7 Å². The van der Waals surface area contributed by atoms with Crippen molar-refractivity contribution < 1.29 is 74.6 Å². The van der Waals surface area contributed by atoms with Gasteiger partial charge in [0.25, 0.3) is 0 Å². The maximum Gasteiger partial charge on any atom is 0.490 e. The van der Waals surface area contributed by atoms with E-state index < -0.39 is 24.3 Å². The fourth-order valence-corrected chi connectivity index (χ4v) is 9.20. The van der Waals surface area contributed by atoms with Crippen LogP contribution in [-0.2, 0) is 32.0 Å². The topological polar surface area (TPSA) is 156 Å². The van der Waals surface area contributed by atoms with E-state index in [0.29, 0.717) is 30.2 Å². The number of piperidine rings is 1. The second kappa shape index (κ2) is 21.1. The zero-order chi connectivity index (χ0) is 45.4. The summed E-state index contributed by atoms with van der Waals surface area (Å²) in [5, 5.41) is 17.8. The fraction of sp³-hybridized carbons (Fsp3) is 0.643. The lowest BCUT2D eigenvalue weighted by Gasteiger charge is -2.49.